The molecule has 0 aromatic carbocycles. The summed E-state index contributed by atoms with van der Waals surface area (Å²) in [4.78, 5) is 0. The standard InChI is InChI=1S/C46H88O13/c1-9-16-24-48-32-36-40(59-46-44(55-30-22-15-7)43(54-29-21-14-6)39(34(8)56-46)51-26-18-11-3)35(23-31-50-36)57-45-42(53-28-20-13-5)38(47)41(52-27-19-12-4)37(58-45)33-49-25-17-10-2/h34-47H,9-33H2,1-8H3. The van der Waals surface area contributed by atoms with Gasteiger partial charge in [-0.1, -0.05) is 93.4 Å². The molecule has 3 saturated heterocycles. The summed E-state index contributed by atoms with van der Waals surface area (Å²) < 4.78 is 79.0. The van der Waals surface area contributed by atoms with E-state index < -0.39 is 67.5 Å². The first-order chi connectivity index (χ1) is 28.9. The SMILES string of the molecule is CCCCOCC1OCCC(OC2OC(COCCCC)C(OCCCC)C(O)C2OCCCC)C1OC1OC(C)C(OCCCC)C(OCCCC)C1OCCCC. The first-order valence-corrected chi connectivity index (χ1v) is 24.0. The van der Waals surface area contributed by atoms with Crippen LogP contribution < -0.4 is 0 Å². The molecule has 59 heavy (non-hydrogen) atoms. The van der Waals surface area contributed by atoms with E-state index in [9.17, 15) is 5.11 Å². The molecule has 3 fully saturated rings. The van der Waals surface area contributed by atoms with Gasteiger partial charge < -0.3 is 61.9 Å². The Labute approximate surface area is 358 Å². The first-order valence-electron chi connectivity index (χ1n) is 24.0. The number of unbranched alkanes of at least 4 members (excludes halogenated alkanes) is 7. The number of aliphatic hydroxyl groups excluding tert-OH is 1. The van der Waals surface area contributed by atoms with Crippen LogP contribution in [0.2, 0.25) is 0 Å². The molecule has 13 atom stereocenters. The van der Waals surface area contributed by atoms with Crippen molar-refractivity contribution in [1.82, 2.24) is 0 Å². The number of rotatable bonds is 34. The lowest BCUT2D eigenvalue weighted by atomic mass is 9.96. The predicted octanol–water partition coefficient (Wildman–Crippen LogP) is 7.94. The molecule has 13 heteroatoms. The van der Waals surface area contributed by atoms with Crippen molar-refractivity contribution in [3.05, 3.63) is 0 Å². The van der Waals surface area contributed by atoms with Crippen LogP contribution in [0.3, 0.4) is 0 Å². The van der Waals surface area contributed by atoms with Crippen LogP contribution in [-0.2, 0) is 56.8 Å². The van der Waals surface area contributed by atoms with Crippen molar-refractivity contribution >= 4 is 0 Å². The maximum Gasteiger partial charge on any atom is 0.187 e. The summed E-state index contributed by atoms with van der Waals surface area (Å²) in [6.07, 6.45) is 5.90. The third-order valence-electron chi connectivity index (χ3n) is 11.3. The Morgan fingerprint density at radius 2 is 0.898 bits per heavy atom. The van der Waals surface area contributed by atoms with E-state index in [0.29, 0.717) is 65.9 Å². The smallest absolute Gasteiger partial charge is 0.187 e. The van der Waals surface area contributed by atoms with Gasteiger partial charge in [-0.3, -0.25) is 0 Å². The van der Waals surface area contributed by atoms with Crippen molar-refractivity contribution < 1.29 is 61.9 Å². The van der Waals surface area contributed by atoms with Gasteiger partial charge in [0.15, 0.2) is 12.6 Å². The van der Waals surface area contributed by atoms with Gasteiger partial charge in [0, 0.05) is 52.9 Å². The molecule has 3 rings (SSSR count). The molecule has 3 aliphatic rings. The summed E-state index contributed by atoms with van der Waals surface area (Å²) in [6.45, 7) is 21.9. The predicted molar refractivity (Wildman–Crippen MR) is 228 cm³/mol. The van der Waals surface area contributed by atoms with Gasteiger partial charge in [0.2, 0.25) is 0 Å². The fourth-order valence-corrected chi connectivity index (χ4v) is 7.54. The summed E-state index contributed by atoms with van der Waals surface area (Å²) in [5, 5.41) is 12.0. The Kier molecular flexibility index (Phi) is 28.8. The molecule has 0 saturated carbocycles. The number of aliphatic hydroxyl groups is 1. The van der Waals surface area contributed by atoms with Gasteiger partial charge in [0.1, 0.15) is 54.9 Å². The fraction of sp³-hybridized carbons (Fsp3) is 1.00. The van der Waals surface area contributed by atoms with Crippen molar-refractivity contribution in [1.29, 1.82) is 0 Å². The molecule has 0 aromatic rings. The lowest BCUT2D eigenvalue weighted by Gasteiger charge is -2.49. The Bertz CT molecular complexity index is 993. The normalized spacial score (nSPS) is 32.8. The minimum atomic E-state index is -1.00. The molecular weight excluding hydrogens is 760 g/mol. The second-order valence-corrected chi connectivity index (χ2v) is 16.5. The average Bonchev–Trinajstić information content (AvgIpc) is 3.23. The minimum Gasteiger partial charge on any atom is -0.387 e. The molecule has 0 amide bonds. The Hall–Kier alpha value is -0.520. The van der Waals surface area contributed by atoms with Crippen LogP contribution in [0.5, 0.6) is 0 Å². The van der Waals surface area contributed by atoms with Crippen LogP contribution in [0.15, 0.2) is 0 Å². The van der Waals surface area contributed by atoms with E-state index in [1.54, 1.807) is 0 Å². The topological polar surface area (TPSA) is 131 Å². The van der Waals surface area contributed by atoms with E-state index in [0.717, 1.165) is 89.9 Å². The highest BCUT2D eigenvalue weighted by Crippen LogP contribution is 2.35. The number of hydrogen-bond acceptors (Lipinski definition) is 13. The summed E-state index contributed by atoms with van der Waals surface area (Å²) >= 11 is 0. The van der Waals surface area contributed by atoms with Crippen LogP contribution in [-0.4, -0.2) is 151 Å². The quantitative estimate of drug-likeness (QED) is 0.0630. The molecule has 0 bridgehead atoms. The van der Waals surface area contributed by atoms with Crippen molar-refractivity contribution in [3.63, 3.8) is 0 Å². The van der Waals surface area contributed by atoms with E-state index in [1.165, 1.54) is 0 Å². The molecule has 0 aliphatic carbocycles. The van der Waals surface area contributed by atoms with Gasteiger partial charge in [-0.25, -0.2) is 0 Å². The molecule has 13 nitrogen and oxygen atoms in total. The summed E-state index contributed by atoms with van der Waals surface area (Å²) in [7, 11) is 0. The minimum absolute atomic E-state index is 0.266. The van der Waals surface area contributed by atoms with Crippen molar-refractivity contribution in [2.24, 2.45) is 0 Å². The van der Waals surface area contributed by atoms with E-state index in [1.807, 2.05) is 6.92 Å². The molecule has 350 valence electrons. The van der Waals surface area contributed by atoms with Crippen molar-refractivity contribution in [2.45, 2.75) is 231 Å². The van der Waals surface area contributed by atoms with E-state index in [2.05, 4.69) is 48.5 Å². The largest absolute Gasteiger partial charge is 0.387 e. The fourth-order valence-electron chi connectivity index (χ4n) is 7.54. The summed E-state index contributed by atoms with van der Waals surface area (Å²) in [5.41, 5.74) is 0. The lowest BCUT2D eigenvalue weighted by molar-refractivity contribution is -0.364. The van der Waals surface area contributed by atoms with Gasteiger partial charge in [0.25, 0.3) is 0 Å². The van der Waals surface area contributed by atoms with E-state index in [4.69, 9.17) is 56.8 Å². The zero-order valence-electron chi connectivity index (χ0n) is 38.5. The van der Waals surface area contributed by atoms with Crippen molar-refractivity contribution in [2.75, 3.05) is 66.1 Å². The number of ether oxygens (including phenoxy) is 12. The maximum absolute atomic E-state index is 12.0. The monoisotopic (exact) mass is 849 g/mol. The first kappa shape index (κ1) is 52.8. The van der Waals surface area contributed by atoms with Crippen LogP contribution in [0.25, 0.3) is 0 Å². The molecule has 3 aliphatic heterocycles. The molecule has 1 N–H and O–H groups in total. The maximum atomic E-state index is 12.0. The summed E-state index contributed by atoms with van der Waals surface area (Å²) in [5.74, 6) is 0. The molecule has 0 spiro atoms. The van der Waals surface area contributed by atoms with Crippen molar-refractivity contribution in [3.8, 4) is 0 Å². The Balaban J connectivity index is 1.99. The van der Waals surface area contributed by atoms with E-state index >= 15 is 0 Å². The zero-order valence-corrected chi connectivity index (χ0v) is 38.5. The highest BCUT2D eigenvalue weighted by atomic mass is 16.8. The number of hydrogen-bond donors (Lipinski definition) is 1. The molecule has 3 heterocycles. The Morgan fingerprint density at radius 1 is 0.458 bits per heavy atom. The lowest BCUT2D eigenvalue weighted by Crippen LogP contribution is -2.64. The third-order valence-corrected chi connectivity index (χ3v) is 11.3. The second-order valence-electron chi connectivity index (χ2n) is 16.5. The third kappa shape index (κ3) is 18.2. The highest BCUT2D eigenvalue weighted by Gasteiger charge is 2.52. The van der Waals surface area contributed by atoms with Crippen LogP contribution in [0.4, 0.5) is 0 Å². The zero-order chi connectivity index (χ0) is 42.7. The average molecular weight is 849 g/mol. The molecular formula is C46H88O13. The van der Waals surface area contributed by atoms with Crippen LogP contribution in [0, 0.1) is 0 Å². The molecule has 0 aromatic heterocycles. The van der Waals surface area contributed by atoms with Gasteiger partial charge in [-0.2, -0.15) is 0 Å². The molecule has 13 unspecified atom stereocenters. The van der Waals surface area contributed by atoms with Crippen LogP contribution >= 0.6 is 0 Å². The Morgan fingerprint density at radius 3 is 1.44 bits per heavy atom. The van der Waals surface area contributed by atoms with Gasteiger partial charge in [0.05, 0.1) is 25.4 Å². The molecule has 0 radical (unpaired) electrons. The van der Waals surface area contributed by atoms with Gasteiger partial charge in [-0.05, 0) is 58.3 Å². The van der Waals surface area contributed by atoms with Crippen LogP contribution in [0.1, 0.15) is 152 Å². The summed E-state index contributed by atoms with van der Waals surface area (Å²) in [6, 6.07) is 0. The van der Waals surface area contributed by atoms with Gasteiger partial charge in [-0.15, -0.1) is 0 Å². The van der Waals surface area contributed by atoms with E-state index in [-0.39, 0.29) is 18.8 Å². The second kappa shape index (κ2) is 32.2. The highest BCUT2D eigenvalue weighted by molar-refractivity contribution is 4.96. The van der Waals surface area contributed by atoms with Gasteiger partial charge >= 0.3 is 0 Å².